The zero-order chi connectivity index (χ0) is 29.0. The number of carbonyl (C=O) groups is 1. The summed E-state index contributed by atoms with van der Waals surface area (Å²) in [6.45, 7) is 7.35. The molecule has 4 rings (SSSR count). The van der Waals surface area contributed by atoms with E-state index in [9.17, 15) is 18.0 Å². The fourth-order valence-corrected chi connectivity index (χ4v) is 5.89. The van der Waals surface area contributed by atoms with E-state index in [0.717, 1.165) is 36.8 Å². The van der Waals surface area contributed by atoms with Crippen LogP contribution in [0, 0.1) is 13.8 Å². The summed E-state index contributed by atoms with van der Waals surface area (Å²) in [5.74, 6) is 1.52. The Morgan fingerprint density at radius 3 is 2.27 bits per heavy atom. The van der Waals surface area contributed by atoms with Crippen molar-refractivity contribution in [2.24, 2.45) is 7.05 Å². The smallest absolute Gasteiger partial charge is 0.254 e. The van der Waals surface area contributed by atoms with Crippen LogP contribution in [0.5, 0.6) is 17.2 Å². The number of amides is 1. The third-order valence-electron chi connectivity index (χ3n) is 7.45. The van der Waals surface area contributed by atoms with Crippen LogP contribution >= 0.6 is 0 Å². The van der Waals surface area contributed by atoms with E-state index >= 15 is 0 Å². The maximum absolute atomic E-state index is 12.9. The van der Waals surface area contributed by atoms with Crippen LogP contribution in [0.15, 0.2) is 58.4 Å². The van der Waals surface area contributed by atoms with E-state index in [2.05, 4.69) is 5.32 Å². The van der Waals surface area contributed by atoms with Gasteiger partial charge in [-0.3, -0.25) is 9.59 Å². The lowest BCUT2D eigenvalue weighted by atomic mass is 9.92. The van der Waals surface area contributed by atoms with E-state index in [-0.39, 0.29) is 34.3 Å². The maximum Gasteiger partial charge on any atom is 0.254 e. The van der Waals surface area contributed by atoms with Gasteiger partial charge in [0.05, 0.1) is 16.8 Å². The molecule has 1 aliphatic carbocycles. The maximum atomic E-state index is 12.9. The normalized spacial score (nSPS) is 17.3. The predicted octanol–water partition coefficient (Wildman–Crippen LogP) is 5.47. The zero-order valence-electron chi connectivity index (χ0n) is 23.8. The van der Waals surface area contributed by atoms with Crippen LogP contribution in [0.2, 0.25) is 0 Å². The second-order valence-electron chi connectivity index (χ2n) is 10.4. The summed E-state index contributed by atoms with van der Waals surface area (Å²) in [4.78, 5) is 24.7. The first-order chi connectivity index (χ1) is 19.0. The van der Waals surface area contributed by atoms with Crippen molar-refractivity contribution in [3.63, 3.8) is 0 Å². The van der Waals surface area contributed by atoms with Gasteiger partial charge in [-0.2, -0.15) is 0 Å². The first-order valence-electron chi connectivity index (χ1n) is 13.8. The molecule has 1 heterocycles. The SMILES string of the molecule is CCC(=O)N[C@H]1CC[C@H](Oc2cc(=O)n(C)cc2-c2cc(S(=O)(=O)CC)ccc2Oc2c(C)cccc2C)CC1. The Labute approximate surface area is 236 Å². The van der Waals surface area contributed by atoms with Crippen molar-refractivity contribution < 1.29 is 22.7 Å². The first kappa shape index (κ1) is 29.4. The van der Waals surface area contributed by atoms with Crippen LogP contribution in [-0.2, 0) is 21.7 Å². The number of hydrogen-bond acceptors (Lipinski definition) is 6. The highest BCUT2D eigenvalue weighted by Gasteiger charge is 2.26. The molecule has 0 spiro atoms. The molecule has 1 saturated carbocycles. The molecule has 1 amide bonds. The van der Waals surface area contributed by atoms with Gasteiger partial charge in [-0.25, -0.2) is 8.42 Å². The Bertz CT molecular complexity index is 1530. The van der Waals surface area contributed by atoms with E-state index in [1.54, 1.807) is 38.4 Å². The van der Waals surface area contributed by atoms with Gasteiger partial charge in [0.15, 0.2) is 9.84 Å². The summed E-state index contributed by atoms with van der Waals surface area (Å²) >= 11 is 0. The third kappa shape index (κ3) is 6.58. The molecular formula is C31H38N2O6S. The average Bonchev–Trinajstić information content (AvgIpc) is 2.93. The van der Waals surface area contributed by atoms with Crippen molar-refractivity contribution in [2.75, 3.05) is 5.75 Å². The van der Waals surface area contributed by atoms with Crippen LogP contribution in [0.4, 0.5) is 0 Å². The largest absolute Gasteiger partial charge is 0.490 e. The zero-order valence-corrected chi connectivity index (χ0v) is 24.6. The summed E-state index contributed by atoms with van der Waals surface area (Å²) in [5, 5.41) is 3.05. The van der Waals surface area contributed by atoms with Crippen LogP contribution in [0.25, 0.3) is 11.1 Å². The Hall–Kier alpha value is -3.59. The molecule has 8 nitrogen and oxygen atoms in total. The van der Waals surface area contributed by atoms with Crippen molar-refractivity contribution in [3.05, 3.63) is 70.1 Å². The Balaban J connectivity index is 1.76. The van der Waals surface area contributed by atoms with Crippen LogP contribution in [0.1, 0.15) is 57.1 Å². The number of pyridine rings is 1. The lowest BCUT2D eigenvalue weighted by Crippen LogP contribution is -2.39. The number of para-hydroxylation sites is 1. The molecule has 0 bridgehead atoms. The molecule has 40 heavy (non-hydrogen) atoms. The molecule has 0 saturated heterocycles. The van der Waals surface area contributed by atoms with Crippen LogP contribution in [-0.4, -0.2) is 36.8 Å². The highest BCUT2D eigenvalue weighted by Crippen LogP contribution is 2.41. The second kappa shape index (κ2) is 12.3. The quantitative estimate of drug-likeness (QED) is 0.368. The third-order valence-corrected chi connectivity index (χ3v) is 9.18. The molecule has 214 valence electrons. The minimum Gasteiger partial charge on any atom is -0.490 e. The van der Waals surface area contributed by atoms with Gasteiger partial charge in [0, 0.05) is 42.9 Å². The number of sulfone groups is 1. The number of nitrogens with one attached hydrogen (secondary N) is 1. The summed E-state index contributed by atoms with van der Waals surface area (Å²) in [6, 6.07) is 12.3. The number of aromatic nitrogens is 1. The number of benzene rings is 2. The highest BCUT2D eigenvalue weighted by atomic mass is 32.2. The minimum atomic E-state index is -3.51. The molecule has 2 aromatic carbocycles. The van der Waals surface area contributed by atoms with E-state index in [1.165, 1.54) is 10.6 Å². The number of ether oxygens (including phenoxy) is 2. The van der Waals surface area contributed by atoms with Gasteiger partial charge in [0.2, 0.25) is 5.91 Å². The van der Waals surface area contributed by atoms with Crippen molar-refractivity contribution in [3.8, 4) is 28.4 Å². The molecule has 1 aromatic heterocycles. The number of carbonyl (C=O) groups excluding carboxylic acids is 1. The molecule has 0 unspecified atom stereocenters. The Morgan fingerprint density at radius 2 is 1.65 bits per heavy atom. The fourth-order valence-electron chi connectivity index (χ4n) is 4.99. The van der Waals surface area contributed by atoms with Crippen LogP contribution in [0.3, 0.4) is 0 Å². The molecule has 3 aromatic rings. The summed E-state index contributed by atoms with van der Waals surface area (Å²) in [5.41, 5.74) is 2.74. The fraction of sp³-hybridized carbons (Fsp3) is 0.419. The lowest BCUT2D eigenvalue weighted by molar-refractivity contribution is -0.121. The summed E-state index contributed by atoms with van der Waals surface area (Å²) in [6.07, 6.45) is 4.97. The summed E-state index contributed by atoms with van der Waals surface area (Å²) < 4.78 is 40.0. The molecule has 0 aliphatic heterocycles. The van der Waals surface area contributed by atoms with Gasteiger partial charge in [-0.05, 0) is 68.9 Å². The number of nitrogens with zero attached hydrogens (tertiary/aromatic N) is 1. The van der Waals surface area contributed by atoms with Gasteiger partial charge in [-0.15, -0.1) is 0 Å². The van der Waals surface area contributed by atoms with Gasteiger partial charge in [0.25, 0.3) is 5.56 Å². The number of aryl methyl sites for hydroxylation is 3. The number of rotatable bonds is 9. The topological polar surface area (TPSA) is 104 Å². The second-order valence-corrected chi connectivity index (χ2v) is 12.7. The molecule has 0 atom stereocenters. The van der Waals surface area contributed by atoms with Crippen molar-refractivity contribution in [1.29, 1.82) is 0 Å². The summed E-state index contributed by atoms with van der Waals surface area (Å²) in [7, 11) is -1.86. The molecule has 0 radical (unpaired) electrons. The molecule has 1 N–H and O–H groups in total. The van der Waals surface area contributed by atoms with Gasteiger partial charge in [0.1, 0.15) is 17.2 Å². The van der Waals surface area contributed by atoms with E-state index < -0.39 is 9.84 Å². The van der Waals surface area contributed by atoms with Gasteiger partial charge >= 0.3 is 0 Å². The molecule has 9 heteroatoms. The van der Waals surface area contributed by atoms with Gasteiger partial charge < -0.3 is 19.4 Å². The first-order valence-corrected chi connectivity index (χ1v) is 15.5. The standard InChI is InChI=1S/C31H38N2O6S/c1-6-29(34)32-22-11-13-23(14-12-22)38-28-18-30(35)33(5)19-26(28)25-17-24(40(36,37)7-2)15-16-27(25)39-31-20(3)9-8-10-21(31)4/h8-10,15-19,22-23H,6-7,11-14H2,1-5H3,(H,32,34)/t22-,23-. The van der Waals surface area contributed by atoms with E-state index in [4.69, 9.17) is 9.47 Å². The minimum absolute atomic E-state index is 0.0385. The molecular weight excluding hydrogens is 528 g/mol. The van der Waals surface area contributed by atoms with Crippen molar-refractivity contribution in [1.82, 2.24) is 9.88 Å². The van der Waals surface area contributed by atoms with E-state index in [1.807, 2.05) is 39.0 Å². The Morgan fingerprint density at radius 1 is 0.975 bits per heavy atom. The van der Waals surface area contributed by atoms with Gasteiger partial charge in [-0.1, -0.05) is 32.0 Å². The van der Waals surface area contributed by atoms with Crippen LogP contribution < -0.4 is 20.3 Å². The average molecular weight is 567 g/mol. The molecule has 1 fully saturated rings. The van der Waals surface area contributed by atoms with E-state index in [0.29, 0.717) is 34.8 Å². The predicted molar refractivity (Wildman–Crippen MR) is 156 cm³/mol. The van der Waals surface area contributed by atoms with Crippen molar-refractivity contribution >= 4 is 15.7 Å². The van der Waals surface area contributed by atoms with Crippen molar-refractivity contribution in [2.45, 2.75) is 76.8 Å². The highest BCUT2D eigenvalue weighted by molar-refractivity contribution is 7.91. The number of hydrogen-bond donors (Lipinski definition) is 1. The lowest BCUT2D eigenvalue weighted by Gasteiger charge is -2.30. The molecule has 1 aliphatic rings. The Kier molecular flexibility index (Phi) is 9.03. The monoisotopic (exact) mass is 566 g/mol.